The number of rotatable bonds is 35. The van der Waals surface area contributed by atoms with E-state index in [2.05, 4.69) is 54.8 Å². The Bertz CT molecular complexity index is 1000. The number of hydrogen-bond acceptors (Lipinski definition) is 9. The average molecular weight is 730 g/mol. The average Bonchev–Trinajstić information content (AvgIpc) is 3.09. The second-order valence-electron chi connectivity index (χ2n) is 12.7. The predicted octanol–water partition coefficient (Wildman–Crippen LogP) is 9.28. The molecule has 0 aliphatic rings. The minimum absolute atomic E-state index is 0.143. The number of carbonyl (C=O) groups is 3. The fraction of sp³-hybridized carbons (Fsp3) is 0.763. The van der Waals surface area contributed by atoms with Crippen LogP contribution in [0.5, 0.6) is 0 Å². The summed E-state index contributed by atoms with van der Waals surface area (Å²) in [5.74, 6) is -2.44. The zero-order valence-corrected chi connectivity index (χ0v) is 31.9. The Morgan fingerprint density at radius 3 is 1.68 bits per heavy atom. The van der Waals surface area contributed by atoms with Gasteiger partial charge in [-0.2, -0.15) is 0 Å². The van der Waals surface area contributed by atoms with E-state index in [4.69, 9.17) is 24.8 Å². The third-order valence-corrected chi connectivity index (χ3v) is 8.81. The molecular formula is C38H68NO10P. The molecule has 0 aromatic heterocycles. The second-order valence-corrected chi connectivity index (χ2v) is 14.2. The van der Waals surface area contributed by atoms with Gasteiger partial charge in [-0.15, -0.1) is 0 Å². The number of nitrogens with two attached hydrogens (primary N) is 1. The zero-order chi connectivity index (χ0) is 37.1. The number of unbranched alkanes of at least 4 members (excludes halogenated alkanes) is 15. The van der Waals surface area contributed by atoms with Crippen molar-refractivity contribution in [2.24, 2.45) is 5.73 Å². The lowest BCUT2D eigenvalue weighted by Gasteiger charge is -2.20. The van der Waals surface area contributed by atoms with Gasteiger partial charge in [0.15, 0.2) is 6.10 Å². The van der Waals surface area contributed by atoms with E-state index in [0.29, 0.717) is 12.8 Å². The van der Waals surface area contributed by atoms with E-state index in [1.807, 2.05) is 0 Å². The third-order valence-electron chi connectivity index (χ3n) is 7.86. The lowest BCUT2D eigenvalue weighted by atomic mass is 10.1. The van der Waals surface area contributed by atoms with E-state index in [9.17, 15) is 23.8 Å². The van der Waals surface area contributed by atoms with E-state index in [-0.39, 0.29) is 19.4 Å². The van der Waals surface area contributed by atoms with Crippen molar-refractivity contribution in [1.82, 2.24) is 0 Å². The molecule has 290 valence electrons. The summed E-state index contributed by atoms with van der Waals surface area (Å²) < 4.78 is 32.5. The highest BCUT2D eigenvalue weighted by atomic mass is 31.2. The molecule has 0 radical (unpaired) electrons. The maximum Gasteiger partial charge on any atom is 0.472 e. The lowest BCUT2D eigenvalue weighted by Crippen LogP contribution is -2.34. The maximum atomic E-state index is 12.5. The van der Waals surface area contributed by atoms with Crippen molar-refractivity contribution in [3.63, 3.8) is 0 Å². The van der Waals surface area contributed by atoms with Crippen molar-refractivity contribution in [2.75, 3.05) is 19.8 Å². The molecule has 1 unspecified atom stereocenters. The van der Waals surface area contributed by atoms with Crippen molar-refractivity contribution in [3.8, 4) is 0 Å². The number of carboxylic acids is 1. The van der Waals surface area contributed by atoms with Gasteiger partial charge in [-0.3, -0.25) is 23.4 Å². The molecule has 0 aliphatic heterocycles. The van der Waals surface area contributed by atoms with Crippen molar-refractivity contribution < 1.29 is 47.5 Å². The van der Waals surface area contributed by atoms with E-state index >= 15 is 0 Å². The van der Waals surface area contributed by atoms with Crippen molar-refractivity contribution in [3.05, 3.63) is 36.5 Å². The fourth-order valence-electron chi connectivity index (χ4n) is 4.78. The summed E-state index contributed by atoms with van der Waals surface area (Å²) in [6.45, 7) is 2.68. The molecule has 50 heavy (non-hydrogen) atoms. The summed E-state index contributed by atoms with van der Waals surface area (Å²) in [4.78, 5) is 45.7. The van der Waals surface area contributed by atoms with Gasteiger partial charge >= 0.3 is 25.7 Å². The minimum Gasteiger partial charge on any atom is -0.480 e. The van der Waals surface area contributed by atoms with Crippen LogP contribution in [0.3, 0.4) is 0 Å². The number of carbonyl (C=O) groups excluding carboxylic acids is 2. The Hall–Kier alpha value is -2.30. The lowest BCUT2D eigenvalue weighted by molar-refractivity contribution is -0.161. The van der Waals surface area contributed by atoms with Crippen LogP contribution in [0.2, 0.25) is 0 Å². The van der Waals surface area contributed by atoms with Crippen molar-refractivity contribution in [2.45, 2.75) is 167 Å². The Balaban J connectivity index is 4.50. The first-order chi connectivity index (χ1) is 24.1. The number of carboxylic acid groups (broad SMARTS) is 1. The van der Waals surface area contributed by atoms with Gasteiger partial charge in [0.2, 0.25) is 0 Å². The van der Waals surface area contributed by atoms with Gasteiger partial charge in [0.1, 0.15) is 12.6 Å². The zero-order valence-electron chi connectivity index (χ0n) is 31.0. The molecule has 0 spiro atoms. The maximum absolute atomic E-state index is 12.5. The van der Waals surface area contributed by atoms with Gasteiger partial charge in [-0.1, -0.05) is 115 Å². The van der Waals surface area contributed by atoms with Crippen LogP contribution in [0, 0.1) is 0 Å². The van der Waals surface area contributed by atoms with E-state index < -0.39 is 51.1 Å². The second kappa shape index (κ2) is 33.8. The molecule has 0 fully saturated rings. The number of allylic oxidation sites excluding steroid dienone is 6. The number of esters is 2. The highest BCUT2D eigenvalue weighted by Crippen LogP contribution is 2.43. The molecular weight excluding hydrogens is 661 g/mol. The van der Waals surface area contributed by atoms with Gasteiger partial charge in [0, 0.05) is 12.8 Å². The normalized spacial score (nSPS) is 14.3. The van der Waals surface area contributed by atoms with Gasteiger partial charge in [0.25, 0.3) is 0 Å². The summed E-state index contributed by atoms with van der Waals surface area (Å²) in [6, 6.07) is -1.53. The largest absolute Gasteiger partial charge is 0.480 e. The van der Waals surface area contributed by atoms with E-state index in [1.54, 1.807) is 0 Å². The van der Waals surface area contributed by atoms with E-state index in [0.717, 1.165) is 64.2 Å². The van der Waals surface area contributed by atoms with Crippen LogP contribution in [-0.4, -0.2) is 59.9 Å². The quantitative estimate of drug-likeness (QED) is 0.0246. The van der Waals surface area contributed by atoms with Crippen LogP contribution < -0.4 is 5.73 Å². The van der Waals surface area contributed by atoms with Gasteiger partial charge in [-0.05, 0) is 64.2 Å². The van der Waals surface area contributed by atoms with E-state index in [1.165, 1.54) is 51.4 Å². The summed E-state index contributed by atoms with van der Waals surface area (Å²) in [5, 5.41) is 8.85. The summed E-state index contributed by atoms with van der Waals surface area (Å²) in [7, 11) is -4.72. The van der Waals surface area contributed by atoms with Crippen LogP contribution in [0.4, 0.5) is 0 Å². The predicted molar refractivity (Wildman–Crippen MR) is 199 cm³/mol. The molecule has 0 saturated carbocycles. The number of hydrogen-bond donors (Lipinski definition) is 3. The first-order valence-electron chi connectivity index (χ1n) is 19.0. The third kappa shape index (κ3) is 32.9. The molecule has 0 heterocycles. The fourth-order valence-corrected chi connectivity index (χ4v) is 5.56. The molecule has 0 aromatic carbocycles. The molecule has 0 amide bonds. The van der Waals surface area contributed by atoms with Crippen LogP contribution in [0.25, 0.3) is 0 Å². The Morgan fingerprint density at radius 2 is 1.08 bits per heavy atom. The molecule has 4 N–H and O–H groups in total. The molecule has 0 rings (SSSR count). The topological polar surface area (TPSA) is 172 Å². The summed E-state index contributed by atoms with van der Waals surface area (Å²) in [5.41, 5.74) is 5.31. The van der Waals surface area contributed by atoms with Crippen LogP contribution in [-0.2, 0) is 37.5 Å². The standard InChI is InChI=1S/C38H68NO10P/c1-3-5-7-9-11-13-15-16-17-18-20-21-23-25-27-29-36(40)46-31-34(32-47-50(44,45)48-33-35(39)38(42)43)49-37(41)30-28-26-24-22-19-14-12-10-8-6-4-2/h10,12,16-17,20-21,34-35H,3-9,11,13-15,18-19,22-33,39H2,1-2H3,(H,42,43)(H,44,45)/b12-10+,17-16+,21-20+/t34-,35+/m1/s1. The highest BCUT2D eigenvalue weighted by Gasteiger charge is 2.28. The number of phosphoric acid groups is 1. The van der Waals surface area contributed by atoms with Crippen molar-refractivity contribution >= 4 is 25.7 Å². The Labute approximate surface area is 302 Å². The van der Waals surface area contributed by atoms with Gasteiger partial charge in [0.05, 0.1) is 13.2 Å². The first kappa shape index (κ1) is 47.7. The summed E-state index contributed by atoms with van der Waals surface area (Å²) >= 11 is 0. The Morgan fingerprint density at radius 1 is 0.620 bits per heavy atom. The molecule has 0 saturated heterocycles. The molecule has 0 aliphatic carbocycles. The molecule has 0 bridgehead atoms. The van der Waals surface area contributed by atoms with Gasteiger partial charge in [-0.25, -0.2) is 4.57 Å². The Kier molecular flexibility index (Phi) is 32.3. The smallest absolute Gasteiger partial charge is 0.472 e. The molecule has 0 aromatic rings. The van der Waals surface area contributed by atoms with Crippen LogP contribution >= 0.6 is 7.82 Å². The number of phosphoric ester groups is 1. The van der Waals surface area contributed by atoms with Crippen LogP contribution in [0.15, 0.2) is 36.5 Å². The first-order valence-corrected chi connectivity index (χ1v) is 20.5. The highest BCUT2D eigenvalue weighted by molar-refractivity contribution is 7.47. The minimum atomic E-state index is -4.72. The van der Waals surface area contributed by atoms with Crippen molar-refractivity contribution in [1.29, 1.82) is 0 Å². The SMILES string of the molecule is CCCC/C=C/CCCCCCCC(=O)O[C@H](COC(=O)CCCC/C=C/C/C=C/CCCCCCCC)COP(=O)(O)OC[C@H](N)C(=O)O. The summed E-state index contributed by atoms with van der Waals surface area (Å²) in [6.07, 6.45) is 33.7. The number of ether oxygens (including phenoxy) is 2. The number of aliphatic carboxylic acids is 1. The molecule has 12 heteroatoms. The van der Waals surface area contributed by atoms with Crippen LogP contribution in [0.1, 0.15) is 155 Å². The monoisotopic (exact) mass is 729 g/mol. The molecule has 11 nitrogen and oxygen atoms in total. The van der Waals surface area contributed by atoms with Gasteiger partial charge < -0.3 is 25.2 Å². The molecule has 3 atom stereocenters.